The summed E-state index contributed by atoms with van der Waals surface area (Å²) >= 11 is 6.17. The number of carboxylic acids is 1. The van der Waals surface area contributed by atoms with Gasteiger partial charge in [0, 0.05) is 23.7 Å². The third-order valence-corrected chi connectivity index (χ3v) is 7.07. The standard InChI is InChI=1S/C30H30ClN5O7/c1-30(2,3)43-23-12-18(22(37)13-25(39)40)6-9-20(23)28-34-26(17-4-7-19(31)8-5-17)27(21-15-42-16-33-21)36(28)29(41)35-11-10-32-24(38)14-35/h4-9,12,15-16,26-27H,10-11,13-14H2,1-3H3,(H,32,38)(H,39,40)/t26-,27+/m0/s1. The molecule has 1 fully saturated rings. The quantitative estimate of drug-likeness (QED) is 0.298. The second kappa shape index (κ2) is 11.9. The summed E-state index contributed by atoms with van der Waals surface area (Å²) in [5.41, 5.74) is 0.968. The van der Waals surface area contributed by atoms with Crippen molar-refractivity contribution < 1.29 is 33.4 Å². The number of halogens is 1. The van der Waals surface area contributed by atoms with Crippen LogP contribution in [0.4, 0.5) is 4.79 Å². The number of nitrogens with zero attached hydrogens (tertiary/aromatic N) is 4. The molecule has 3 aromatic rings. The Morgan fingerprint density at radius 1 is 1.16 bits per heavy atom. The van der Waals surface area contributed by atoms with Gasteiger partial charge in [0.15, 0.2) is 12.2 Å². The van der Waals surface area contributed by atoms with Gasteiger partial charge in [-0.3, -0.25) is 24.3 Å². The fourth-order valence-electron chi connectivity index (χ4n) is 5.01. The molecule has 0 aliphatic carbocycles. The van der Waals surface area contributed by atoms with E-state index < -0.39 is 41.9 Å². The van der Waals surface area contributed by atoms with Gasteiger partial charge >= 0.3 is 12.0 Å². The molecule has 2 aliphatic heterocycles. The minimum atomic E-state index is -1.25. The van der Waals surface area contributed by atoms with Gasteiger partial charge in [-0.05, 0) is 50.6 Å². The number of urea groups is 1. The Balaban J connectivity index is 1.69. The maximum atomic E-state index is 14.3. The average molecular weight is 608 g/mol. The molecule has 2 N–H and O–H groups in total. The largest absolute Gasteiger partial charge is 0.487 e. The number of nitrogens with one attached hydrogen (secondary N) is 1. The first-order valence-corrected chi connectivity index (χ1v) is 13.9. The minimum Gasteiger partial charge on any atom is -0.487 e. The fourth-order valence-corrected chi connectivity index (χ4v) is 5.14. The molecule has 12 nitrogen and oxygen atoms in total. The number of aliphatic imine (C=N–C) groups is 1. The average Bonchev–Trinajstić information content (AvgIpc) is 3.60. The summed E-state index contributed by atoms with van der Waals surface area (Å²) < 4.78 is 11.6. The van der Waals surface area contributed by atoms with Crippen molar-refractivity contribution in [2.45, 2.75) is 44.9 Å². The van der Waals surface area contributed by atoms with Gasteiger partial charge in [0.2, 0.25) is 5.91 Å². The zero-order chi connectivity index (χ0) is 30.9. The number of benzene rings is 2. The zero-order valence-electron chi connectivity index (χ0n) is 23.7. The number of ketones is 1. The fraction of sp³-hybridized carbons (Fsp3) is 0.333. The number of Topliss-reactive ketones (excluding diaryl/α,β-unsaturated/α-hetero) is 1. The molecule has 1 aromatic heterocycles. The van der Waals surface area contributed by atoms with Gasteiger partial charge in [0.05, 0.1) is 5.56 Å². The first-order valence-electron chi connectivity index (χ1n) is 13.6. The van der Waals surface area contributed by atoms with Gasteiger partial charge in [-0.25, -0.2) is 9.78 Å². The van der Waals surface area contributed by atoms with Gasteiger partial charge < -0.3 is 24.5 Å². The molecule has 224 valence electrons. The maximum Gasteiger partial charge on any atom is 0.326 e. The number of aliphatic carboxylic acids is 1. The van der Waals surface area contributed by atoms with Crippen LogP contribution in [-0.2, 0) is 9.59 Å². The summed E-state index contributed by atoms with van der Waals surface area (Å²) in [7, 11) is 0. The summed E-state index contributed by atoms with van der Waals surface area (Å²) in [5.74, 6) is -1.69. The first kappa shape index (κ1) is 29.8. The van der Waals surface area contributed by atoms with E-state index in [1.165, 1.54) is 34.6 Å². The SMILES string of the molecule is CC(C)(C)Oc1cc(C(=O)CC(=O)O)ccc1C1=N[C@@H](c2ccc(Cl)cc2)[C@@H](c2cocn2)N1C(=O)N1CCNC(=O)C1. The van der Waals surface area contributed by atoms with Crippen molar-refractivity contribution in [1.82, 2.24) is 20.1 Å². The smallest absolute Gasteiger partial charge is 0.326 e. The highest BCUT2D eigenvalue weighted by molar-refractivity contribution is 6.30. The van der Waals surface area contributed by atoms with E-state index >= 15 is 0 Å². The number of carboxylic acid groups (broad SMARTS) is 1. The minimum absolute atomic E-state index is 0.136. The second-order valence-electron chi connectivity index (χ2n) is 11.2. The summed E-state index contributed by atoms with van der Waals surface area (Å²) in [4.78, 5) is 62.8. The number of amides is 3. The van der Waals surface area contributed by atoms with E-state index in [0.29, 0.717) is 22.8 Å². The van der Waals surface area contributed by atoms with E-state index in [1.54, 1.807) is 18.2 Å². The molecule has 2 aromatic carbocycles. The number of ether oxygens (including phenoxy) is 1. The molecule has 0 saturated carbocycles. The van der Waals surface area contributed by atoms with E-state index in [2.05, 4.69) is 10.3 Å². The van der Waals surface area contributed by atoms with Crippen LogP contribution in [0, 0.1) is 0 Å². The normalized spacial score (nSPS) is 18.7. The number of aromatic nitrogens is 1. The van der Waals surface area contributed by atoms with Gasteiger partial charge in [0.1, 0.15) is 54.2 Å². The number of carbonyl (C=O) groups is 4. The van der Waals surface area contributed by atoms with Crippen molar-refractivity contribution in [3.63, 3.8) is 0 Å². The van der Waals surface area contributed by atoms with E-state index in [4.69, 9.17) is 25.7 Å². The van der Waals surface area contributed by atoms with Crippen LogP contribution < -0.4 is 10.1 Å². The molecule has 1 saturated heterocycles. The van der Waals surface area contributed by atoms with Crippen LogP contribution in [0.5, 0.6) is 5.75 Å². The summed E-state index contributed by atoms with van der Waals surface area (Å²) in [6, 6.07) is 9.69. The Kier molecular flexibility index (Phi) is 8.23. The van der Waals surface area contributed by atoms with E-state index in [1.807, 2.05) is 32.9 Å². The van der Waals surface area contributed by atoms with Crippen molar-refractivity contribution in [2.24, 2.45) is 4.99 Å². The number of carbonyl (C=O) groups excluding carboxylic acids is 3. The lowest BCUT2D eigenvalue weighted by atomic mass is 9.97. The summed E-state index contributed by atoms with van der Waals surface area (Å²) in [5, 5.41) is 12.4. The molecule has 13 heteroatoms. The number of oxazole rings is 1. The highest BCUT2D eigenvalue weighted by Crippen LogP contribution is 2.45. The first-order chi connectivity index (χ1) is 20.4. The lowest BCUT2D eigenvalue weighted by Gasteiger charge is -2.35. The van der Waals surface area contributed by atoms with Crippen molar-refractivity contribution in [1.29, 1.82) is 0 Å². The molecule has 3 amide bonds. The summed E-state index contributed by atoms with van der Waals surface area (Å²) in [6.45, 7) is 5.89. The molecule has 0 bridgehead atoms. The molecule has 0 radical (unpaired) electrons. The molecule has 2 aliphatic rings. The molecule has 43 heavy (non-hydrogen) atoms. The number of rotatable bonds is 7. The van der Waals surface area contributed by atoms with E-state index in [9.17, 15) is 24.3 Å². The topological polar surface area (TPSA) is 155 Å². The molecular weight excluding hydrogens is 578 g/mol. The van der Waals surface area contributed by atoms with E-state index in [0.717, 1.165) is 5.56 Å². The molecule has 0 unspecified atom stereocenters. The Hall–Kier alpha value is -4.71. The van der Waals surface area contributed by atoms with Crippen molar-refractivity contribution in [3.05, 3.63) is 82.5 Å². The predicted molar refractivity (Wildman–Crippen MR) is 155 cm³/mol. The van der Waals surface area contributed by atoms with Gasteiger partial charge in [-0.15, -0.1) is 0 Å². The van der Waals surface area contributed by atoms with Crippen molar-refractivity contribution >= 4 is 41.1 Å². The molecule has 2 atom stereocenters. The van der Waals surface area contributed by atoms with Gasteiger partial charge in [-0.1, -0.05) is 29.8 Å². The third-order valence-electron chi connectivity index (χ3n) is 6.82. The van der Waals surface area contributed by atoms with Crippen molar-refractivity contribution in [2.75, 3.05) is 19.6 Å². The van der Waals surface area contributed by atoms with Gasteiger partial charge in [-0.2, -0.15) is 0 Å². The van der Waals surface area contributed by atoms with Crippen LogP contribution in [-0.4, -0.2) is 74.7 Å². The van der Waals surface area contributed by atoms with Crippen LogP contribution in [0.25, 0.3) is 0 Å². The number of hydrogen-bond acceptors (Lipinski definition) is 8. The van der Waals surface area contributed by atoms with Crippen molar-refractivity contribution in [3.8, 4) is 5.75 Å². The van der Waals surface area contributed by atoms with E-state index in [-0.39, 0.29) is 36.1 Å². The number of piperazine rings is 1. The molecule has 0 spiro atoms. The number of amidine groups is 1. The summed E-state index contributed by atoms with van der Waals surface area (Å²) in [6.07, 6.45) is 2.01. The second-order valence-corrected chi connectivity index (χ2v) is 11.6. The molecule has 5 rings (SSSR count). The van der Waals surface area contributed by atoms with Crippen LogP contribution in [0.1, 0.15) is 66.5 Å². The monoisotopic (exact) mass is 607 g/mol. The number of hydrogen-bond donors (Lipinski definition) is 2. The lowest BCUT2D eigenvalue weighted by molar-refractivity contribution is -0.136. The Bertz CT molecular complexity index is 1580. The van der Waals surface area contributed by atoms with Crippen LogP contribution in [0.2, 0.25) is 5.02 Å². The zero-order valence-corrected chi connectivity index (χ0v) is 24.5. The Labute approximate surface area is 252 Å². The lowest BCUT2D eigenvalue weighted by Crippen LogP contribution is -2.55. The Morgan fingerprint density at radius 2 is 1.91 bits per heavy atom. The highest BCUT2D eigenvalue weighted by Gasteiger charge is 2.46. The predicted octanol–water partition coefficient (Wildman–Crippen LogP) is 4.26. The Morgan fingerprint density at radius 3 is 2.53 bits per heavy atom. The molecular formula is C30H30ClN5O7. The van der Waals surface area contributed by atoms with Crippen LogP contribution in [0.3, 0.4) is 0 Å². The van der Waals surface area contributed by atoms with Gasteiger partial charge in [0.25, 0.3) is 0 Å². The molecule has 3 heterocycles. The van der Waals surface area contributed by atoms with Crippen LogP contribution in [0.15, 0.2) is 64.5 Å². The third kappa shape index (κ3) is 6.54. The van der Waals surface area contributed by atoms with Crippen LogP contribution >= 0.6 is 11.6 Å². The maximum absolute atomic E-state index is 14.3. The highest BCUT2D eigenvalue weighted by atomic mass is 35.5.